The van der Waals surface area contributed by atoms with Gasteiger partial charge in [-0.3, -0.25) is 0 Å². The monoisotopic (exact) mass is 490 g/mol. The van der Waals surface area contributed by atoms with Crippen molar-refractivity contribution in [2.24, 2.45) is 0 Å². The molecule has 1 atom stereocenters. The van der Waals surface area contributed by atoms with E-state index >= 15 is 0 Å². The van der Waals surface area contributed by atoms with Crippen LogP contribution >= 0.6 is 0 Å². The van der Waals surface area contributed by atoms with Gasteiger partial charge in [0, 0.05) is 0 Å². The fourth-order valence-corrected chi connectivity index (χ4v) is 4.20. The van der Waals surface area contributed by atoms with Crippen molar-refractivity contribution >= 4 is 10.1 Å². The molecule has 1 unspecified atom stereocenters. The molecule has 0 amide bonds. The van der Waals surface area contributed by atoms with Gasteiger partial charge >= 0.3 is 29.6 Å². The number of hydrogen-bond acceptors (Lipinski definition) is 4. The van der Waals surface area contributed by atoms with E-state index in [0.29, 0.717) is 5.75 Å². The molecule has 0 aliphatic carbocycles. The van der Waals surface area contributed by atoms with Gasteiger partial charge in [0.1, 0.15) is 22.5 Å². The Kier molecular flexibility index (Phi) is 20.1. The van der Waals surface area contributed by atoms with Crippen molar-refractivity contribution in [3.05, 3.63) is 29.3 Å². The van der Waals surface area contributed by atoms with Gasteiger partial charge in [0.15, 0.2) is 0 Å². The molecule has 0 aromatic heterocycles. The summed E-state index contributed by atoms with van der Waals surface area (Å²) in [4.78, 5) is 0. The van der Waals surface area contributed by atoms with E-state index in [1.54, 1.807) is 0 Å². The van der Waals surface area contributed by atoms with Crippen LogP contribution in [0.2, 0.25) is 0 Å². The normalized spacial score (nSPS) is 12.4. The third-order valence-electron chi connectivity index (χ3n) is 6.14. The Morgan fingerprint density at radius 1 is 0.727 bits per heavy atom. The molecule has 0 aliphatic heterocycles. The van der Waals surface area contributed by atoms with Crippen LogP contribution in [0.4, 0.5) is 0 Å². The third kappa shape index (κ3) is 17.1. The Bertz CT molecular complexity index is 670. The standard InChI is InChI=1S/C27H48O4S.Na/c1-4-6-8-10-12-14-16-18-25-20-26(19-17-15-13-11-9-7-5-2)22-27(21-25)31-23-24(3)32(28,29)30;/h20-22,24H,4-19,23H2,1-3H3,(H,28,29,30);/q;+1/p-1. The molecular formula is C27H47NaO4S. The molecule has 0 aliphatic rings. The molecule has 6 heteroatoms. The third-order valence-corrected chi connectivity index (χ3v) is 7.26. The van der Waals surface area contributed by atoms with Crippen LogP contribution in [-0.2, 0) is 23.0 Å². The molecule has 33 heavy (non-hydrogen) atoms. The minimum atomic E-state index is -4.32. The van der Waals surface area contributed by atoms with Gasteiger partial charge < -0.3 is 9.29 Å². The van der Waals surface area contributed by atoms with Gasteiger partial charge in [0.2, 0.25) is 0 Å². The van der Waals surface area contributed by atoms with Gasteiger partial charge in [-0.1, -0.05) is 97.0 Å². The number of ether oxygens (including phenoxy) is 1. The Balaban J connectivity index is 0.0000102. The van der Waals surface area contributed by atoms with Crippen LogP contribution in [0.1, 0.15) is 122 Å². The van der Waals surface area contributed by atoms with Crippen molar-refractivity contribution in [3.8, 4) is 5.75 Å². The molecular weight excluding hydrogens is 443 g/mol. The molecule has 0 fully saturated rings. The predicted molar refractivity (Wildman–Crippen MR) is 134 cm³/mol. The van der Waals surface area contributed by atoms with Gasteiger partial charge in [-0.2, -0.15) is 0 Å². The maximum absolute atomic E-state index is 11.2. The average Bonchev–Trinajstić information content (AvgIpc) is 2.75. The summed E-state index contributed by atoms with van der Waals surface area (Å²) >= 11 is 0. The Morgan fingerprint density at radius 3 is 1.52 bits per heavy atom. The number of unbranched alkanes of at least 4 members (excludes halogenated alkanes) is 12. The van der Waals surface area contributed by atoms with Gasteiger partial charge in [-0.15, -0.1) is 0 Å². The van der Waals surface area contributed by atoms with Crippen LogP contribution in [0.25, 0.3) is 0 Å². The molecule has 0 heterocycles. The summed E-state index contributed by atoms with van der Waals surface area (Å²) < 4.78 is 39.3. The first kappa shape index (κ1) is 32.9. The van der Waals surface area contributed by atoms with E-state index in [9.17, 15) is 13.0 Å². The zero-order valence-corrected chi connectivity index (χ0v) is 24.7. The van der Waals surface area contributed by atoms with Crippen molar-refractivity contribution in [2.45, 2.75) is 129 Å². The predicted octanol–water partition coefficient (Wildman–Crippen LogP) is 4.59. The summed E-state index contributed by atoms with van der Waals surface area (Å²) in [5, 5.41) is -1.04. The molecule has 0 saturated heterocycles. The zero-order valence-electron chi connectivity index (χ0n) is 21.9. The minimum absolute atomic E-state index is 0. The van der Waals surface area contributed by atoms with Gasteiger partial charge in [0.05, 0.1) is 5.25 Å². The summed E-state index contributed by atoms with van der Waals surface area (Å²) in [6, 6.07) is 6.33. The molecule has 0 bridgehead atoms. The van der Waals surface area contributed by atoms with E-state index in [2.05, 4.69) is 19.9 Å². The number of rotatable bonds is 20. The van der Waals surface area contributed by atoms with Crippen LogP contribution in [0.5, 0.6) is 5.75 Å². The zero-order chi connectivity index (χ0) is 23.7. The maximum atomic E-state index is 11.2. The maximum Gasteiger partial charge on any atom is 1.00 e. The van der Waals surface area contributed by atoms with E-state index in [1.165, 1.54) is 95.1 Å². The molecule has 1 aromatic rings. The molecule has 186 valence electrons. The summed E-state index contributed by atoms with van der Waals surface area (Å²) in [5.74, 6) is 0.693. The second-order valence-corrected chi connectivity index (χ2v) is 11.1. The second-order valence-electron chi connectivity index (χ2n) is 9.34. The van der Waals surface area contributed by atoms with Crippen LogP contribution < -0.4 is 34.3 Å². The first-order chi connectivity index (χ1) is 15.4. The van der Waals surface area contributed by atoms with Crippen LogP contribution in [0, 0.1) is 0 Å². The second kappa shape index (κ2) is 20.2. The molecule has 0 spiro atoms. The van der Waals surface area contributed by atoms with Gasteiger partial charge in [-0.05, 0) is 55.9 Å². The van der Waals surface area contributed by atoms with Crippen molar-refractivity contribution in [1.29, 1.82) is 0 Å². The topological polar surface area (TPSA) is 66.4 Å². The van der Waals surface area contributed by atoms with E-state index in [0.717, 1.165) is 25.7 Å². The smallest absolute Gasteiger partial charge is 0.748 e. The van der Waals surface area contributed by atoms with Crippen LogP contribution in [0.3, 0.4) is 0 Å². The quantitative estimate of drug-likeness (QED) is 0.152. The van der Waals surface area contributed by atoms with Gasteiger partial charge in [0.25, 0.3) is 0 Å². The van der Waals surface area contributed by atoms with E-state index in [1.807, 2.05) is 12.1 Å². The number of aryl methyl sites for hydroxylation is 2. The summed E-state index contributed by atoms with van der Waals surface area (Å²) in [7, 11) is -4.32. The molecule has 4 nitrogen and oxygen atoms in total. The molecule has 0 N–H and O–H groups in total. The van der Waals surface area contributed by atoms with Crippen LogP contribution in [0.15, 0.2) is 18.2 Å². The largest absolute Gasteiger partial charge is 1.00 e. The SMILES string of the molecule is CCCCCCCCCc1cc(CCCCCCCCC)cc(OCC(C)S(=O)(=O)[O-])c1.[Na+]. The van der Waals surface area contributed by atoms with E-state index in [-0.39, 0.29) is 36.2 Å². The first-order valence-electron chi connectivity index (χ1n) is 13.1. The first-order valence-corrected chi connectivity index (χ1v) is 14.5. The average molecular weight is 491 g/mol. The van der Waals surface area contributed by atoms with Crippen molar-refractivity contribution in [2.75, 3.05) is 6.61 Å². The fraction of sp³-hybridized carbons (Fsp3) is 0.778. The van der Waals surface area contributed by atoms with Crippen molar-refractivity contribution in [1.82, 2.24) is 0 Å². The summed E-state index contributed by atoms with van der Waals surface area (Å²) in [5.41, 5.74) is 2.51. The number of hydrogen-bond donors (Lipinski definition) is 0. The fourth-order valence-electron chi connectivity index (χ4n) is 3.97. The summed E-state index contributed by atoms with van der Waals surface area (Å²) in [6.07, 6.45) is 20.0. The summed E-state index contributed by atoms with van der Waals surface area (Å²) in [6.45, 7) is 5.80. The van der Waals surface area contributed by atoms with E-state index in [4.69, 9.17) is 4.74 Å². The van der Waals surface area contributed by atoms with Gasteiger partial charge in [-0.25, -0.2) is 8.42 Å². The molecule has 0 radical (unpaired) electrons. The van der Waals surface area contributed by atoms with Crippen LogP contribution in [-0.4, -0.2) is 24.8 Å². The van der Waals surface area contributed by atoms with Crippen molar-refractivity contribution in [3.63, 3.8) is 0 Å². The minimum Gasteiger partial charge on any atom is -0.748 e. The molecule has 0 saturated carbocycles. The van der Waals surface area contributed by atoms with Crippen molar-refractivity contribution < 1.29 is 47.3 Å². The Hall–Kier alpha value is -0.0700. The molecule has 1 rings (SSSR count). The Labute approximate surface area is 226 Å². The Morgan fingerprint density at radius 2 is 1.12 bits per heavy atom. The van der Waals surface area contributed by atoms with E-state index < -0.39 is 15.4 Å². The molecule has 1 aromatic carbocycles. The number of benzene rings is 1.